The number of nitrogens with zero attached hydrogens (tertiary/aromatic N) is 1. The molecular formula is C6H13F2NO3S. The third kappa shape index (κ3) is 3.53. The van der Waals surface area contributed by atoms with Crippen LogP contribution in [0.5, 0.6) is 0 Å². The molecule has 0 aromatic heterocycles. The smallest absolute Gasteiger partial charge is 0.350 e. The van der Waals surface area contributed by atoms with Gasteiger partial charge in [-0.05, 0) is 6.42 Å². The van der Waals surface area contributed by atoms with Crippen LogP contribution in [0, 0.1) is 0 Å². The van der Waals surface area contributed by atoms with Crippen LogP contribution in [0.2, 0.25) is 0 Å². The summed E-state index contributed by atoms with van der Waals surface area (Å²) in [5, 5.41) is 8.41. The lowest BCUT2D eigenvalue weighted by Crippen LogP contribution is -2.36. The highest BCUT2D eigenvalue weighted by Gasteiger charge is 2.30. The second kappa shape index (κ2) is 5.46. The molecule has 0 radical (unpaired) electrons. The molecule has 0 amide bonds. The van der Waals surface area contributed by atoms with E-state index in [1.54, 1.807) is 0 Å². The van der Waals surface area contributed by atoms with Gasteiger partial charge in [0.1, 0.15) is 0 Å². The van der Waals surface area contributed by atoms with Crippen LogP contribution in [0.4, 0.5) is 8.78 Å². The van der Waals surface area contributed by atoms with Gasteiger partial charge in [-0.25, -0.2) is 8.42 Å². The SMILES string of the molecule is CCN(CCCO)S(=O)(=O)C(F)F. The van der Waals surface area contributed by atoms with Crippen LogP contribution < -0.4 is 0 Å². The molecule has 0 fully saturated rings. The van der Waals surface area contributed by atoms with E-state index < -0.39 is 15.8 Å². The fraction of sp³-hybridized carbons (Fsp3) is 1.00. The first-order chi connectivity index (χ1) is 5.96. The fourth-order valence-corrected chi connectivity index (χ4v) is 1.79. The number of halogens is 2. The van der Waals surface area contributed by atoms with Crippen molar-refractivity contribution in [1.29, 1.82) is 0 Å². The summed E-state index contributed by atoms with van der Waals surface area (Å²) in [4.78, 5) is 0. The van der Waals surface area contributed by atoms with Gasteiger partial charge < -0.3 is 5.11 Å². The summed E-state index contributed by atoms with van der Waals surface area (Å²) in [5.74, 6) is -3.38. The molecular weight excluding hydrogens is 204 g/mol. The molecule has 0 rings (SSSR count). The standard InChI is InChI=1S/C6H13F2NO3S/c1-2-9(4-3-5-10)13(11,12)6(7)8/h6,10H,2-5H2,1H3. The Bertz CT molecular complexity index is 230. The minimum Gasteiger partial charge on any atom is -0.396 e. The lowest BCUT2D eigenvalue weighted by Gasteiger charge is -2.18. The van der Waals surface area contributed by atoms with Gasteiger partial charge in [-0.2, -0.15) is 13.1 Å². The molecule has 0 aromatic rings. The van der Waals surface area contributed by atoms with Gasteiger partial charge in [-0.1, -0.05) is 6.92 Å². The number of aliphatic hydroxyl groups is 1. The maximum atomic E-state index is 12.0. The van der Waals surface area contributed by atoms with Crippen LogP contribution >= 0.6 is 0 Å². The number of rotatable bonds is 6. The average molecular weight is 217 g/mol. The summed E-state index contributed by atoms with van der Waals surface area (Å²) in [7, 11) is -4.47. The summed E-state index contributed by atoms with van der Waals surface area (Å²) in [5.41, 5.74) is 0. The Morgan fingerprint density at radius 2 is 2.00 bits per heavy atom. The lowest BCUT2D eigenvalue weighted by molar-refractivity contribution is 0.215. The van der Waals surface area contributed by atoms with Crippen molar-refractivity contribution < 1.29 is 22.3 Å². The fourth-order valence-electron chi connectivity index (χ4n) is 0.825. The van der Waals surface area contributed by atoms with Gasteiger partial charge in [0.15, 0.2) is 0 Å². The third-order valence-electron chi connectivity index (χ3n) is 1.50. The van der Waals surface area contributed by atoms with E-state index in [1.807, 2.05) is 0 Å². The van der Waals surface area contributed by atoms with E-state index in [4.69, 9.17) is 5.11 Å². The molecule has 0 aliphatic carbocycles. The van der Waals surface area contributed by atoms with Crippen molar-refractivity contribution in [2.75, 3.05) is 19.7 Å². The summed E-state index contributed by atoms with van der Waals surface area (Å²) in [6.07, 6.45) is 0.166. The minimum absolute atomic E-state index is 0.00727. The van der Waals surface area contributed by atoms with E-state index in [0.717, 1.165) is 0 Å². The summed E-state index contributed by atoms with van der Waals surface area (Å²) < 4.78 is 46.4. The van der Waals surface area contributed by atoms with Crippen LogP contribution in [-0.2, 0) is 10.0 Å². The maximum Gasteiger partial charge on any atom is 0.350 e. The monoisotopic (exact) mass is 217 g/mol. The van der Waals surface area contributed by atoms with Crippen molar-refractivity contribution in [3.63, 3.8) is 0 Å². The first-order valence-electron chi connectivity index (χ1n) is 3.84. The van der Waals surface area contributed by atoms with Crippen molar-refractivity contribution in [3.8, 4) is 0 Å². The quantitative estimate of drug-likeness (QED) is 0.693. The van der Waals surface area contributed by atoms with E-state index in [2.05, 4.69) is 0 Å². The van der Waals surface area contributed by atoms with E-state index in [0.29, 0.717) is 4.31 Å². The summed E-state index contributed by atoms with van der Waals surface area (Å²) >= 11 is 0. The molecule has 13 heavy (non-hydrogen) atoms. The highest BCUT2D eigenvalue weighted by Crippen LogP contribution is 2.11. The zero-order valence-electron chi connectivity index (χ0n) is 7.28. The Balaban J connectivity index is 4.39. The van der Waals surface area contributed by atoms with Crippen molar-refractivity contribution in [2.45, 2.75) is 19.1 Å². The Labute approximate surface area is 76.2 Å². The van der Waals surface area contributed by atoms with Gasteiger partial charge in [0.25, 0.3) is 10.0 Å². The highest BCUT2D eigenvalue weighted by atomic mass is 32.2. The van der Waals surface area contributed by atoms with Gasteiger partial charge in [-0.15, -0.1) is 0 Å². The van der Waals surface area contributed by atoms with Crippen LogP contribution in [0.1, 0.15) is 13.3 Å². The topological polar surface area (TPSA) is 57.6 Å². The van der Waals surface area contributed by atoms with Gasteiger partial charge in [0.05, 0.1) is 0 Å². The molecule has 0 saturated carbocycles. The largest absolute Gasteiger partial charge is 0.396 e. The van der Waals surface area contributed by atoms with Crippen molar-refractivity contribution in [1.82, 2.24) is 4.31 Å². The molecule has 0 aliphatic heterocycles. The number of hydrogen-bond donors (Lipinski definition) is 1. The second-order valence-electron chi connectivity index (χ2n) is 2.37. The minimum atomic E-state index is -4.47. The zero-order valence-corrected chi connectivity index (χ0v) is 8.10. The normalized spacial score (nSPS) is 12.8. The molecule has 1 N–H and O–H groups in total. The highest BCUT2D eigenvalue weighted by molar-refractivity contribution is 7.89. The van der Waals surface area contributed by atoms with E-state index in [-0.39, 0.29) is 26.1 Å². The van der Waals surface area contributed by atoms with Crippen LogP contribution in [0.3, 0.4) is 0 Å². The molecule has 0 saturated heterocycles. The number of aliphatic hydroxyl groups excluding tert-OH is 1. The molecule has 0 unspecified atom stereocenters. The molecule has 4 nitrogen and oxygen atoms in total. The number of hydrogen-bond acceptors (Lipinski definition) is 3. The predicted octanol–water partition coefficient (Wildman–Crippen LogP) is 0.243. The second-order valence-corrected chi connectivity index (χ2v) is 4.28. The molecule has 0 atom stereocenters. The molecule has 0 aromatic carbocycles. The molecule has 80 valence electrons. The Morgan fingerprint density at radius 1 is 1.46 bits per heavy atom. The number of sulfonamides is 1. The first-order valence-corrected chi connectivity index (χ1v) is 5.35. The van der Waals surface area contributed by atoms with E-state index in [9.17, 15) is 17.2 Å². The van der Waals surface area contributed by atoms with Crippen LogP contribution in [-0.4, -0.2) is 43.3 Å². The van der Waals surface area contributed by atoms with E-state index in [1.165, 1.54) is 6.92 Å². The summed E-state index contributed by atoms with van der Waals surface area (Å²) in [6.45, 7) is 1.18. The molecule has 7 heteroatoms. The third-order valence-corrected chi connectivity index (χ3v) is 3.11. The van der Waals surface area contributed by atoms with Crippen molar-refractivity contribution in [2.24, 2.45) is 0 Å². The van der Waals surface area contributed by atoms with Crippen LogP contribution in [0.15, 0.2) is 0 Å². The lowest BCUT2D eigenvalue weighted by atomic mass is 10.4. The van der Waals surface area contributed by atoms with Crippen molar-refractivity contribution >= 4 is 10.0 Å². The Hall–Kier alpha value is -0.270. The first kappa shape index (κ1) is 12.7. The molecule has 0 bridgehead atoms. The van der Waals surface area contributed by atoms with Crippen molar-refractivity contribution in [3.05, 3.63) is 0 Å². The molecule has 0 spiro atoms. The average Bonchev–Trinajstić information content (AvgIpc) is 2.05. The van der Waals surface area contributed by atoms with Gasteiger partial charge in [0, 0.05) is 19.7 Å². The van der Waals surface area contributed by atoms with Gasteiger partial charge >= 0.3 is 5.76 Å². The van der Waals surface area contributed by atoms with Crippen LogP contribution in [0.25, 0.3) is 0 Å². The summed E-state index contributed by atoms with van der Waals surface area (Å²) in [6, 6.07) is 0. The number of alkyl halides is 2. The van der Waals surface area contributed by atoms with E-state index >= 15 is 0 Å². The van der Waals surface area contributed by atoms with Gasteiger partial charge in [-0.3, -0.25) is 0 Å². The maximum absolute atomic E-state index is 12.0. The molecule has 0 heterocycles. The van der Waals surface area contributed by atoms with Gasteiger partial charge in [0.2, 0.25) is 0 Å². The molecule has 0 aliphatic rings. The predicted molar refractivity (Wildman–Crippen MR) is 43.9 cm³/mol. The zero-order chi connectivity index (χ0) is 10.5. The Kier molecular flexibility index (Phi) is 5.34. The Morgan fingerprint density at radius 3 is 2.31 bits per heavy atom.